The standard InChI is InChI=1S/C12H24N2O3/c1-12(2,3)17-11(16)14-10-7-9(13-8-10)5-4-6-15/h9-10,13,15H,4-8H2,1-3H3,(H,14,16). The molecule has 0 aromatic carbocycles. The maximum atomic E-state index is 11.5. The van der Waals surface area contributed by atoms with Crippen LogP contribution in [0, 0.1) is 0 Å². The molecule has 1 heterocycles. The number of carbonyl (C=O) groups is 1. The van der Waals surface area contributed by atoms with Crippen molar-refractivity contribution in [1.29, 1.82) is 0 Å². The zero-order chi connectivity index (χ0) is 12.9. The first-order valence-corrected chi connectivity index (χ1v) is 6.24. The van der Waals surface area contributed by atoms with Crippen LogP contribution in [0.3, 0.4) is 0 Å². The van der Waals surface area contributed by atoms with Crippen molar-refractivity contribution in [3.63, 3.8) is 0 Å². The molecule has 0 aromatic heterocycles. The lowest BCUT2D eigenvalue weighted by atomic mass is 10.1. The molecule has 0 aromatic rings. The van der Waals surface area contributed by atoms with E-state index in [-0.39, 0.29) is 18.7 Å². The predicted molar refractivity (Wildman–Crippen MR) is 65.9 cm³/mol. The number of rotatable bonds is 4. The maximum Gasteiger partial charge on any atom is 0.407 e. The summed E-state index contributed by atoms with van der Waals surface area (Å²) in [5, 5.41) is 14.9. The van der Waals surface area contributed by atoms with E-state index in [9.17, 15) is 4.79 Å². The van der Waals surface area contributed by atoms with Crippen LogP contribution in [-0.2, 0) is 4.74 Å². The lowest BCUT2D eigenvalue weighted by molar-refractivity contribution is 0.0508. The van der Waals surface area contributed by atoms with Gasteiger partial charge in [0.05, 0.1) is 0 Å². The number of hydrogen-bond acceptors (Lipinski definition) is 4. The Hall–Kier alpha value is -0.810. The van der Waals surface area contributed by atoms with Crippen LogP contribution in [0.25, 0.3) is 0 Å². The number of alkyl carbamates (subject to hydrolysis) is 1. The largest absolute Gasteiger partial charge is 0.444 e. The molecule has 0 aliphatic carbocycles. The SMILES string of the molecule is CC(C)(C)OC(=O)NC1CNC(CCCO)C1. The van der Waals surface area contributed by atoms with Gasteiger partial charge in [0.2, 0.25) is 0 Å². The highest BCUT2D eigenvalue weighted by Crippen LogP contribution is 2.13. The topological polar surface area (TPSA) is 70.6 Å². The summed E-state index contributed by atoms with van der Waals surface area (Å²) in [7, 11) is 0. The van der Waals surface area contributed by atoms with Crippen LogP contribution in [0.2, 0.25) is 0 Å². The normalized spacial score (nSPS) is 24.7. The summed E-state index contributed by atoms with van der Waals surface area (Å²) < 4.78 is 5.20. The fraction of sp³-hybridized carbons (Fsp3) is 0.917. The summed E-state index contributed by atoms with van der Waals surface area (Å²) >= 11 is 0. The van der Waals surface area contributed by atoms with Gasteiger partial charge in [-0.2, -0.15) is 0 Å². The van der Waals surface area contributed by atoms with Crippen molar-refractivity contribution >= 4 is 6.09 Å². The van der Waals surface area contributed by atoms with Crippen molar-refractivity contribution in [2.45, 2.75) is 57.7 Å². The third-order valence-electron chi connectivity index (χ3n) is 2.65. The fourth-order valence-corrected chi connectivity index (χ4v) is 1.96. The van der Waals surface area contributed by atoms with E-state index in [0.29, 0.717) is 6.04 Å². The highest BCUT2D eigenvalue weighted by molar-refractivity contribution is 5.68. The number of aliphatic hydroxyl groups is 1. The van der Waals surface area contributed by atoms with Crippen LogP contribution in [0.1, 0.15) is 40.0 Å². The molecule has 1 saturated heterocycles. The molecule has 1 amide bonds. The molecule has 1 aliphatic heterocycles. The lowest BCUT2D eigenvalue weighted by Crippen LogP contribution is -2.40. The van der Waals surface area contributed by atoms with Crippen LogP contribution in [0.15, 0.2) is 0 Å². The zero-order valence-electron chi connectivity index (χ0n) is 11.0. The van der Waals surface area contributed by atoms with E-state index >= 15 is 0 Å². The molecule has 5 heteroatoms. The number of ether oxygens (including phenoxy) is 1. The third kappa shape index (κ3) is 5.89. The Morgan fingerprint density at radius 3 is 2.82 bits per heavy atom. The van der Waals surface area contributed by atoms with Gasteiger partial charge < -0.3 is 20.5 Å². The highest BCUT2D eigenvalue weighted by Gasteiger charge is 2.26. The second kappa shape index (κ2) is 6.21. The molecular weight excluding hydrogens is 220 g/mol. The number of aliphatic hydroxyl groups excluding tert-OH is 1. The first-order chi connectivity index (χ1) is 7.90. The molecule has 2 atom stereocenters. The number of nitrogens with one attached hydrogen (secondary N) is 2. The van der Waals surface area contributed by atoms with E-state index in [1.807, 2.05) is 20.8 Å². The van der Waals surface area contributed by atoms with Gasteiger partial charge in [0, 0.05) is 25.2 Å². The molecule has 0 radical (unpaired) electrons. The molecule has 1 fully saturated rings. The first kappa shape index (κ1) is 14.3. The van der Waals surface area contributed by atoms with Crippen molar-refractivity contribution in [2.24, 2.45) is 0 Å². The summed E-state index contributed by atoms with van der Waals surface area (Å²) in [4.78, 5) is 11.5. The summed E-state index contributed by atoms with van der Waals surface area (Å²) in [5.74, 6) is 0. The van der Waals surface area contributed by atoms with Crippen LogP contribution in [0.4, 0.5) is 4.79 Å². The van der Waals surface area contributed by atoms with Gasteiger partial charge in [-0.05, 0) is 40.0 Å². The third-order valence-corrected chi connectivity index (χ3v) is 2.65. The molecular formula is C12H24N2O3. The van der Waals surface area contributed by atoms with Gasteiger partial charge in [-0.3, -0.25) is 0 Å². The summed E-state index contributed by atoms with van der Waals surface area (Å²) in [6.45, 7) is 6.55. The van der Waals surface area contributed by atoms with Crippen molar-refractivity contribution in [2.75, 3.05) is 13.2 Å². The monoisotopic (exact) mass is 244 g/mol. The maximum absolute atomic E-state index is 11.5. The number of amides is 1. The van der Waals surface area contributed by atoms with Gasteiger partial charge in [0.25, 0.3) is 0 Å². The Balaban J connectivity index is 2.23. The van der Waals surface area contributed by atoms with E-state index in [1.54, 1.807) is 0 Å². The van der Waals surface area contributed by atoms with E-state index in [0.717, 1.165) is 25.8 Å². The Bertz CT molecular complexity index is 251. The quantitative estimate of drug-likeness (QED) is 0.690. The van der Waals surface area contributed by atoms with E-state index in [2.05, 4.69) is 10.6 Å². The second-order valence-corrected chi connectivity index (χ2v) is 5.55. The predicted octanol–water partition coefficient (Wildman–Crippen LogP) is 1.01. The Labute approximate surface area is 103 Å². The lowest BCUT2D eigenvalue weighted by Gasteiger charge is -2.21. The minimum Gasteiger partial charge on any atom is -0.444 e. The fourth-order valence-electron chi connectivity index (χ4n) is 1.96. The smallest absolute Gasteiger partial charge is 0.407 e. The average Bonchev–Trinajstić information content (AvgIpc) is 2.59. The van der Waals surface area contributed by atoms with Gasteiger partial charge in [-0.25, -0.2) is 4.79 Å². The molecule has 2 unspecified atom stereocenters. The van der Waals surface area contributed by atoms with Crippen LogP contribution in [-0.4, -0.2) is 42.0 Å². The van der Waals surface area contributed by atoms with Crippen LogP contribution in [0.5, 0.6) is 0 Å². The molecule has 1 aliphatic rings. The van der Waals surface area contributed by atoms with Gasteiger partial charge >= 0.3 is 6.09 Å². The Morgan fingerprint density at radius 2 is 2.24 bits per heavy atom. The van der Waals surface area contributed by atoms with Crippen molar-refractivity contribution in [3.05, 3.63) is 0 Å². The van der Waals surface area contributed by atoms with Gasteiger partial charge in [0.1, 0.15) is 5.60 Å². The van der Waals surface area contributed by atoms with Gasteiger partial charge in [-0.1, -0.05) is 0 Å². The highest BCUT2D eigenvalue weighted by atomic mass is 16.6. The molecule has 0 bridgehead atoms. The van der Waals surface area contributed by atoms with Crippen LogP contribution < -0.4 is 10.6 Å². The van der Waals surface area contributed by atoms with Gasteiger partial charge in [0.15, 0.2) is 0 Å². The number of carbonyl (C=O) groups excluding carboxylic acids is 1. The minimum atomic E-state index is -0.452. The zero-order valence-corrected chi connectivity index (χ0v) is 11.0. The molecule has 1 rings (SSSR count). The summed E-state index contributed by atoms with van der Waals surface area (Å²) in [6.07, 6.45) is 2.30. The summed E-state index contributed by atoms with van der Waals surface area (Å²) in [5.41, 5.74) is -0.452. The molecule has 17 heavy (non-hydrogen) atoms. The Kier molecular flexibility index (Phi) is 5.21. The molecule has 5 nitrogen and oxygen atoms in total. The van der Waals surface area contributed by atoms with E-state index in [1.165, 1.54) is 0 Å². The average molecular weight is 244 g/mol. The van der Waals surface area contributed by atoms with Gasteiger partial charge in [-0.15, -0.1) is 0 Å². The molecule has 3 N–H and O–H groups in total. The molecule has 100 valence electrons. The van der Waals surface area contributed by atoms with Crippen molar-refractivity contribution in [1.82, 2.24) is 10.6 Å². The van der Waals surface area contributed by atoms with Crippen LogP contribution >= 0.6 is 0 Å². The van der Waals surface area contributed by atoms with Crippen molar-refractivity contribution < 1.29 is 14.6 Å². The van der Waals surface area contributed by atoms with Crippen molar-refractivity contribution in [3.8, 4) is 0 Å². The minimum absolute atomic E-state index is 0.133. The second-order valence-electron chi connectivity index (χ2n) is 5.55. The number of hydrogen-bond donors (Lipinski definition) is 3. The Morgan fingerprint density at radius 1 is 1.53 bits per heavy atom. The van der Waals surface area contributed by atoms with E-state index < -0.39 is 5.60 Å². The molecule has 0 spiro atoms. The summed E-state index contributed by atoms with van der Waals surface area (Å²) in [6, 6.07) is 0.524. The molecule has 0 saturated carbocycles. The van der Waals surface area contributed by atoms with E-state index in [4.69, 9.17) is 9.84 Å². The first-order valence-electron chi connectivity index (χ1n) is 6.24.